The zero-order valence-electron chi connectivity index (χ0n) is 17.4. The summed E-state index contributed by atoms with van der Waals surface area (Å²) >= 11 is 0. The summed E-state index contributed by atoms with van der Waals surface area (Å²) in [5.41, 5.74) is 4.22. The van der Waals surface area contributed by atoms with E-state index in [1.807, 2.05) is 56.8 Å². The summed E-state index contributed by atoms with van der Waals surface area (Å²) in [5, 5.41) is 7.44. The fourth-order valence-corrected chi connectivity index (χ4v) is 2.86. The van der Waals surface area contributed by atoms with Crippen molar-refractivity contribution in [3.05, 3.63) is 46.8 Å². The third-order valence-corrected chi connectivity index (χ3v) is 4.96. The third-order valence-electron chi connectivity index (χ3n) is 4.96. The Morgan fingerprint density at radius 3 is 2.44 bits per heavy atom. The van der Waals surface area contributed by atoms with Crippen LogP contribution < -0.4 is 10.1 Å². The fourth-order valence-electron chi connectivity index (χ4n) is 2.86. The number of ether oxygens (including phenoxy) is 1. The first-order valence-electron chi connectivity index (χ1n) is 9.63. The van der Waals surface area contributed by atoms with Crippen molar-refractivity contribution in [1.82, 2.24) is 20.0 Å². The highest BCUT2D eigenvalue weighted by Crippen LogP contribution is 2.16. The molecule has 0 spiro atoms. The van der Waals surface area contributed by atoms with Gasteiger partial charge in [0.25, 0.3) is 0 Å². The van der Waals surface area contributed by atoms with Gasteiger partial charge in [0, 0.05) is 31.4 Å². The minimum atomic E-state index is -0.0694. The topological polar surface area (TPSA) is 59.4 Å². The summed E-state index contributed by atoms with van der Waals surface area (Å²) in [6.07, 6.45) is 1.17. The largest absolute Gasteiger partial charge is 0.491 e. The molecule has 27 heavy (non-hydrogen) atoms. The Morgan fingerprint density at radius 1 is 1.26 bits per heavy atom. The average molecular weight is 373 g/mol. The molecule has 1 atom stereocenters. The number of hydrogen-bond donors (Lipinski definition) is 1. The molecule has 6 heteroatoms. The highest BCUT2D eigenvalue weighted by atomic mass is 16.5. The van der Waals surface area contributed by atoms with Crippen LogP contribution in [0.1, 0.15) is 49.7 Å². The van der Waals surface area contributed by atoms with Crippen LogP contribution in [0.5, 0.6) is 5.75 Å². The lowest BCUT2D eigenvalue weighted by Crippen LogP contribution is -2.39. The van der Waals surface area contributed by atoms with Crippen molar-refractivity contribution >= 4 is 6.03 Å². The van der Waals surface area contributed by atoms with Crippen LogP contribution in [0.15, 0.2) is 24.3 Å². The van der Waals surface area contributed by atoms with Gasteiger partial charge in [-0.3, -0.25) is 4.68 Å². The fraction of sp³-hybridized carbons (Fsp3) is 0.524. The highest BCUT2D eigenvalue weighted by molar-refractivity contribution is 5.74. The number of nitrogens with zero attached hydrogens (tertiary/aromatic N) is 3. The molecule has 0 aliphatic heterocycles. The molecule has 6 nitrogen and oxygen atoms in total. The van der Waals surface area contributed by atoms with Crippen LogP contribution in [0, 0.1) is 13.8 Å². The predicted molar refractivity (Wildman–Crippen MR) is 108 cm³/mol. The molecule has 2 amide bonds. The van der Waals surface area contributed by atoms with Gasteiger partial charge in [0.1, 0.15) is 5.75 Å². The van der Waals surface area contributed by atoms with E-state index in [0.29, 0.717) is 19.6 Å². The summed E-state index contributed by atoms with van der Waals surface area (Å²) < 4.78 is 7.65. The van der Waals surface area contributed by atoms with Gasteiger partial charge < -0.3 is 15.0 Å². The van der Waals surface area contributed by atoms with E-state index >= 15 is 0 Å². The van der Waals surface area contributed by atoms with Crippen LogP contribution in [-0.2, 0) is 20.1 Å². The van der Waals surface area contributed by atoms with Crippen LogP contribution in [0.2, 0.25) is 0 Å². The molecular weight excluding hydrogens is 340 g/mol. The van der Waals surface area contributed by atoms with Crippen molar-refractivity contribution in [3.8, 4) is 5.75 Å². The van der Waals surface area contributed by atoms with E-state index in [0.717, 1.165) is 34.7 Å². The Labute approximate surface area is 162 Å². The molecule has 148 valence electrons. The number of amides is 2. The van der Waals surface area contributed by atoms with E-state index < -0.39 is 0 Å². The van der Waals surface area contributed by atoms with E-state index in [1.54, 1.807) is 4.90 Å². The molecule has 0 fully saturated rings. The summed E-state index contributed by atoms with van der Waals surface area (Å²) in [4.78, 5) is 14.4. The Bertz CT molecular complexity index is 752. The van der Waals surface area contributed by atoms with Crippen molar-refractivity contribution < 1.29 is 9.53 Å². The van der Waals surface area contributed by atoms with Gasteiger partial charge in [-0.2, -0.15) is 5.10 Å². The van der Waals surface area contributed by atoms with Gasteiger partial charge in [0.05, 0.1) is 18.3 Å². The van der Waals surface area contributed by atoms with Gasteiger partial charge in [-0.15, -0.1) is 0 Å². The Kier molecular flexibility index (Phi) is 7.28. The number of aryl methyl sites for hydroxylation is 2. The second-order valence-electron chi connectivity index (χ2n) is 6.93. The third kappa shape index (κ3) is 5.49. The molecule has 0 unspecified atom stereocenters. The Morgan fingerprint density at radius 2 is 1.93 bits per heavy atom. The van der Waals surface area contributed by atoms with Gasteiger partial charge in [0.15, 0.2) is 0 Å². The molecular formula is C21H32N4O2. The standard InChI is InChI=1S/C21H32N4O2/c1-7-15(3)27-19-11-9-18(10-12-19)13-22-21(26)25(8-2)14-20-16(4)23-24(6)17(20)5/h9-12,15H,7-8,13-14H2,1-6H3,(H,22,26)/t15-/m1/s1. The molecule has 1 aromatic carbocycles. The number of urea groups is 1. The Hall–Kier alpha value is -2.50. The molecule has 0 saturated heterocycles. The van der Waals surface area contributed by atoms with Crippen LogP contribution in [0.25, 0.3) is 0 Å². The van der Waals surface area contributed by atoms with Crippen LogP contribution in [0.3, 0.4) is 0 Å². The number of nitrogens with one attached hydrogen (secondary N) is 1. The summed E-state index contributed by atoms with van der Waals surface area (Å²) in [7, 11) is 1.93. The van der Waals surface area contributed by atoms with Gasteiger partial charge in [-0.25, -0.2) is 4.79 Å². The Balaban J connectivity index is 1.93. The lowest BCUT2D eigenvalue weighted by molar-refractivity contribution is 0.197. The second-order valence-corrected chi connectivity index (χ2v) is 6.93. The highest BCUT2D eigenvalue weighted by Gasteiger charge is 2.17. The molecule has 0 radical (unpaired) electrons. The average Bonchev–Trinajstić information content (AvgIpc) is 2.90. The molecule has 1 heterocycles. The summed E-state index contributed by atoms with van der Waals surface area (Å²) in [5.74, 6) is 0.858. The van der Waals surface area contributed by atoms with Crippen molar-refractivity contribution in [2.45, 2.75) is 60.2 Å². The SMILES string of the molecule is CC[C@@H](C)Oc1ccc(CNC(=O)N(CC)Cc2c(C)nn(C)c2C)cc1. The van der Waals surface area contributed by atoms with E-state index in [1.165, 1.54) is 0 Å². The molecule has 0 saturated carbocycles. The van der Waals surface area contributed by atoms with E-state index in [9.17, 15) is 4.79 Å². The predicted octanol–water partition coefficient (Wildman–Crippen LogP) is 3.95. The zero-order chi connectivity index (χ0) is 20.0. The van der Waals surface area contributed by atoms with Crippen molar-refractivity contribution in [2.24, 2.45) is 7.05 Å². The number of carbonyl (C=O) groups is 1. The normalized spacial score (nSPS) is 11.9. The lowest BCUT2D eigenvalue weighted by atomic mass is 10.2. The smallest absolute Gasteiger partial charge is 0.317 e. The molecule has 2 aromatic rings. The lowest BCUT2D eigenvalue weighted by Gasteiger charge is -2.22. The van der Waals surface area contributed by atoms with Crippen molar-refractivity contribution in [2.75, 3.05) is 6.54 Å². The van der Waals surface area contributed by atoms with Crippen LogP contribution >= 0.6 is 0 Å². The van der Waals surface area contributed by atoms with Crippen molar-refractivity contribution in [3.63, 3.8) is 0 Å². The number of hydrogen-bond acceptors (Lipinski definition) is 3. The number of rotatable bonds is 8. The maximum absolute atomic E-state index is 12.6. The van der Waals surface area contributed by atoms with Crippen molar-refractivity contribution in [1.29, 1.82) is 0 Å². The molecule has 1 N–H and O–H groups in total. The van der Waals surface area contributed by atoms with Crippen LogP contribution in [-0.4, -0.2) is 33.4 Å². The molecule has 0 bridgehead atoms. The maximum atomic E-state index is 12.6. The molecule has 0 aliphatic rings. The second kappa shape index (κ2) is 9.44. The first kappa shape index (κ1) is 20.8. The maximum Gasteiger partial charge on any atom is 0.317 e. The van der Waals surface area contributed by atoms with Gasteiger partial charge in [-0.1, -0.05) is 19.1 Å². The molecule has 2 rings (SSSR count). The monoisotopic (exact) mass is 372 g/mol. The number of aromatic nitrogens is 2. The summed E-state index contributed by atoms with van der Waals surface area (Å²) in [6.45, 7) is 11.9. The number of carbonyl (C=O) groups excluding carboxylic acids is 1. The van der Waals surface area contributed by atoms with Gasteiger partial charge in [-0.05, 0) is 51.8 Å². The first-order valence-corrected chi connectivity index (χ1v) is 9.63. The van der Waals surface area contributed by atoms with Gasteiger partial charge >= 0.3 is 6.03 Å². The van der Waals surface area contributed by atoms with E-state index in [4.69, 9.17) is 4.74 Å². The molecule has 0 aliphatic carbocycles. The minimum Gasteiger partial charge on any atom is -0.491 e. The van der Waals surface area contributed by atoms with Crippen LogP contribution in [0.4, 0.5) is 4.79 Å². The first-order chi connectivity index (χ1) is 12.8. The molecule has 1 aromatic heterocycles. The summed E-state index contributed by atoms with van der Waals surface area (Å²) in [6, 6.07) is 7.81. The quantitative estimate of drug-likeness (QED) is 0.763. The minimum absolute atomic E-state index is 0.0694. The van der Waals surface area contributed by atoms with Gasteiger partial charge in [0.2, 0.25) is 0 Å². The van der Waals surface area contributed by atoms with E-state index in [-0.39, 0.29) is 12.1 Å². The zero-order valence-corrected chi connectivity index (χ0v) is 17.4. The van der Waals surface area contributed by atoms with E-state index in [2.05, 4.69) is 24.3 Å². The number of benzene rings is 1.